The lowest BCUT2D eigenvalue weighted by atomic mass is 9.82. The number of alkyl halides is 2. The molecule has 1 aliphatic rings. The molecule has 1 amide bonds. The average molecular weight is 425 g/mol. The van der Waals surface area contributed by atoms with Gasteiger partial charge in [-0.15, -0.1) is 6.42 Å². The molecule has 31 heavy (non-hydrogen) atoms. The van der Waals surface area contributed by atoms with E-state index >= 15 is 0 Å². The Kier molecular flexibility index (Phi) is 6.37. The van der Waals surface area contributed by atoms with Crippen LogP contribution in [0.4, 0.5) is 8.78 Å². The van der Waals surface area contributed by atoms with E-state index in [0.717, 1.165) is 10.5 Å². The molecule has 2 unspecified atom stereocenters. The number of nitrogens with zero attached hydrogens (tertiary/aromatic N) is 2. The fourth-order valence-corrected chi connectivity index (χ4v) is 3.49. The Bertz CT molecular complexity index is 1050. The summed E-state index contributed by atoms with van der Waals surface area (Å²) in [4.78, 5) is 19.0. The van der Waals surface area contributed by atoms with E-state index < -0.39 is 24.2 Å². The Labute approximate surface area is 178 Å². The van der Waals surface area contributed by atoms with Crippen LogP contribution < -0.4 is 10.5 Å². The van der Waals surface area contributed by atoms with Gasteiger partial charge in [-0.3, -0.25) is 9.69 Å². The zero-order valence-electron chi connectivity index (χ0n) is 16.5. The first-order chi connectivity index (χ1) is 14.8. The highest BCUT2D eigenvalue weighted by atomic mass is 19.3. The number of aliphatic hydroxyl groups excluding tert-OH is 1. The molecule has 2 aromatic carbocycles. The Balaban J connectivity index is 2.08. The predicted octanol–water partition coefficient (Wildman–Crippen LogP) is 2.76. The maximum atomic E-state index is 13.4. The van der Waals surface area contributed by atoms with Crippen LogP contribution in [0.2, 0.25) is 0 Å². The molecule has 6 nitrogen and oxygen atoms in total. The van der Waals surface area contributed by atoms with Crippen molar-refractivity contribution >= 4 is 11.9 Å². The van der Waals surface area contributed by atoms with Crippen molar-refractivity contribution in [3.05, 3.63) is 78.0 Å². The number of guanidine groups is 1. The van der Waals surface area contributed by atoms with Gasteiger partial charge in [0.2, 0.25) is 5.96 Å². The van der Waals surface area contributed by atoms with Crippen LogP contribution in [0.1, 0.15) is 23.1 Å². The summed E-state index contributed by atoms with van der Waals surface area (Å²) in [5, 5.41) is 9.65. The van der Waals surface area contributed by atoms with Gasteiger partial charge in [0.15, 0.2) is 5.54 Å². The third kappa shape index (κ3) is 4.27. The first kappa shape index (κ1) is 22.0. The Morgan fingerprint density at radius 2 is 2.00 bits per heavy atom. The lowest BCUT2D eigenvalue weighted by molar-refractivity contribution is -0.128. The maximum absolute atomic E-state index is 13.4. The van der Waals surface area contributed by atoms with Gasteiger partial charge in [-0.25, -0.2) is 4.99 Å². The van der Waals surface area contributed by atoms with Gasteiger partial charge < -0.3 is 15.6 Å². The maximum Gasteiger partial charge on any atom is 0.387 e. The first-order valence-electron chi connectivity index (χ1n) is 9.42. The number of carbonyl (C=O) groups is 1. The number of amides is 1. The number of nitrogens with two attached hydrogens (primary N) is 1. The summed E-state index contributed by atoms with van der Waals surface area (Å²) in [6.45, 7) is 0.648. The number of rotatable bonds is 8. The van der Waals surface area contributed by atoms with E-state index in [9.17, 15) is 18.7 Å². The SMILES string of the molecule is C#CC(O)CCc1cccc(C2(c3ccc(OC(F)F)cc3)N=C(N)N(C=C)C2=O)c1. The number of ether oxygens (including phenoxy) is 1. The molecule has 0 spiro atoms. The number of terminal acetylenes is 1. The number of aliphatic hydroxyl groups is 1. The molecule has 160 valence electrons. The fourth-order valence-electron chi connectivity index (χ4n) is 3.49. The quantitative estimate of drug-likeness (QED) is 0.637. The Hall–Kier alpha value is -3.70. The van der Waals surface area contributed by atoms with E-state index in [-0.39, 0.29) is 11.7 Å². The second kappa shape index (κ2) is 8.98. The molecule has 3 rings (SSSR count). The minimum atomic E-state index is -2.96. The summed E-state index contributed by atoms with van der Waals surface area (Å²) in [5.74, 6) is 1.72. The zero-order valence-corrected chi connectivity index (χ0v) is 16.5. The molecular formula is C23H21F2N3O3. The van der Waals surface area contributed by atoms with E-state index in [2.05, 4.69) is 22.2 Å². The third-order valence-electron chi connectivity index (χ3n) is 4.98. The van der Waals surface area contributed by atoms with Crippen molar-refractivity contribution in [2.24, 2.45) is 10.7 Å². The second-order valence-corrected chi connectivity index (χ2v) is 6.86. The smallest absolute Gasteiger partial charge is 0.387 e. The van der Waals surface area contributed by atoms with E-state index in [0.29, 0.717) is 24.0 Å². The minimum Gasteiger partial charge on any atom is -0.435 e. The first-order valence-corrected chi connectivity index (χ1v) is 9.42. The van der Waals surface area contributed by atoms with Crippen LogP contribution in [0.3, 0.4) is 0 Å². The van der Waals surface area contributed by atoms with Gasteiger partial charge in [-0.1, -0.05) is 48.9 Å². The monoisotopic (exact) mass is 425 g/mol. The van der Waals surface area contributed by atoms with Gasteiger partial charge in [-0.2, -0.15) is 8.78 Å². The van der Waals surface area contributed by atoms with E-state index in [1.807, 2.05) is 6.07 Å². The third-order valence-corrected chi connectivity index (χ3v) is 4.98. The number of benzene rings is 2. The molecule has 0 saturated heterocycles. The largest absolute Gasteiger partial charge is 0.435 e. The van der Waals surface area contributed by atoms with Crippen LogP contribution in [0.25, 0.3) is 0 Å². The lowest BCUT2D eigenvalue weighted by Crippen LogP contribution is -2.40. The molecule has 0 bridgehead atoms. The molecule has 2 aromatic rings. The number of halogens is 2. The van der Waals surface area contributed by atoms with Crippen LogP contribution in [-0.2, 0) is 16.8 Å². The Morgan fingerprint density at radius 3 is 2.58 bits per heavy atom. The molecular weight excluding hydrogens is 404 g/mol. The number of aliphatic imine (C=N–C) groups is 1. The van der Waals surface area contributed by atoms with E-state index in [4.69, 9.17) is 12.2 Å². The van der Waals surface area contributed by atoms with Crippen molar-refractivity contribution in [3.8, 4) is 18.1 Å². The number of hydrogen-bond donors (Lipinski definition) is 2. The van der Waals surface area contributed by atoms with Gasteiger partial charge in [0.1, 0.15) is 11.9 Å². The van der Waals surface area contributed by atoms with Gasteiger partial charge in [-0.05, 0) is 41.7 Å². The summed E-state index contributed by atoms with van der Waals surface area (Å²) in [6.07, 6.45) is 6.45. The standard InChI is InChI=1S/C23H21F2N3O3/c1-3-18(29)11-8-15-6-5-7-17(14-15)23(20(30)28(4-2)22(26)27-23)16-9-12-19(13-10-16)31-21(24)25/h1,4-7,9-10,12-14,18,21,29H,2,8,11H2,(H2,26,27). The molecule has 0 aliphatic carbocycles. The summed E-state index contributed by atoms with van der Waals surface area (Å²) in [5.41, 5.74) is 6.25. The van der Waals surface area contributed by atoms with Crippen molar-refractivity contribution in [3.63, 3.8) is 0 Å². The highest BCUT2D eigenvalue weighted by Gasteiger charge is 2.50. The summed E-state index contributed by atoms with van der Waals surface area (Å²) >= 11 is 0. The van der Waals surface area contributed by atoms with E-state index in [1.165, 1.54) is 30.5 Å². The summed E-state index contributed by atoms with van der Waals surface area (Å²) in [7, 11) is 0. The van der Waals surface area contributed by atoms with Crippen LogP contribution in [0, 0.1) is 12.3 Å². The van der Waals surface area contributed by atoms with Crippen LogP contribution in [0.15, 0.2) is 66.3 Å². The number of carbonyl (C=O) groups excluding carboxylic acids is 1. The van der Waals surface area contributed by atoms with Crippen molar-refractivity contribution in [2.75, 3.05) is 0 Å². The van der Waals surface area contributed by atoms with Crippen molar-refractivity contribution in [2.45, 2.75) is 31.1 Å². The molecule has 1 heterocycles. The lowest BCUT2D eigenvalue weighted by Gasteiger charge is -2.27. The summed E-state index contributed by atoms with van der Waals surface area (Å²) in [6, 6.07) is 12.8. The van der Waals surface area contributed by atoms with Crippen LogP contribution in [0.5, 0.6) is 5.75 Å². The van der Waals surface area contributed by atoms with Crippen molar-refractivity contribution in [1.29, 1.82) is 0 Å². The number of aryl methyl sites for hydroxylation is 1. The predicted molar refractivity (Wildman–Crippen MR) is 112 cm³/mol. The van der Waals surface area contributed by atoms with E-state index in [1.54, 1.807) is 18.2 Å². The van der Waals surface area contributed by atoms with Gasteiger partial charge in [0.05, 0.1) is 0 Å². The van der Waals surface area contributed by atoms with Gasteiger partial charge >= 0.3 is 6.61 Å². The second-order valence-electron chi connectivity index (χ2n) is 6.86. The molecule has 0 radical (unpaired) electrons. The molecule has 0 aromatic heterocycles. The highest BCUT2D eigenvalue weighted by Crippen LogP contribution is 2.40. The topological polar surface area (TPSA) is 88.2 Å². The van der Waals surface area contributed by atoms with Crippen LogP contribution >= 0.6 is 0 Å². The van der Waals surface area contributed by atoms with Gasteiger partial charge in [0.25, 0.3) is 5.91 Å². The normalized spacial score (nSPS) is 19.1. The Morgan fingerprint density at radius 1 is 1.29 bits per heavy atom. The molecule has 1 aliphatic heterocycles. The summed E-state index contributed by atoms with van der Waals surface area (Å²) < 4.78 is 29.4. The molecule has 0 fully saturated rings. The fraction of sp³-hybridized carbons (Fsp3) is 0.217. The molecule has 0 saturated carbocycles. The average Bonchev–Trinajstić information content (AvgIpc) is 3.02. The zero-order chi connectivity index (χ0) is 22.6. The van der Waals surface area contributed by atoms with Crippen LogP contribution in [-0.4, -0.2) is 34.6 Å². The molecule has 3 N–H and O–H groups in total. The van der Waals surface area contributed by atoms with Gasteiger partial charge in [0, 0.05) is 6.20 Å². The minimum absolute atomic E-state index is 0.0407. The molecule has 2 atom stereocenters. The van der Waals surface area contributed by atoms with Crippen molar-refractivity contribution < 1.29 is 23.4 Å². The number of hydrogen-bond acceptors (Lipinski definition) is 5. The highest BCUT2D eigenvalue weighted by molar-refractivity contribution is 6.10. The van der Waals surface area contributed by atoms with Crippen molar-refractivity contribution in [1.82, 2.24) is 4.90 Å². The molecule has 8 heteroatoms.